The Morgan fingerprint density at radius 1 is 1.13 bits per heavy atom. The highest BCUT2D eigenvalue weighted by molar-refractivity contribution is 5.28. The second-order valence-corrected chi connectivity index (χ2v) is 12.1. The molecule has 0 heterocycles. The van der Waals surface area contributed by atoms with E-state index in [1.165, 1.54) is 36.8 Å². The Morgan fingerprint density at radius 2 is 1.87 bits per heavy atom. The fraction of sp³-hybridized carbons (Fsp3) is 0.793. The summed E-state index contributed by atoms with van der Waals surface area (Å²) in [7, 11) is 0. The molecule has 0 radical (unpaired) electrons. The number of hydrogen-bond acceptors (Lipinski definition) is 2. The third kappa shape index (κ3) is 3.80. The summed E-state index contributed by atoms with van der Waals surface area (Å²) in [6, 6.07) is 0. The number of aliphatic hydroxyl groups excluding tert-OH is 2. The molecule has 0 unspecified atom stereocenters. The molecular weight excluding hydrogens is 380 g/mol. The first kappa shape index (κ1) is 23.3. The monoisotopic (exact) mass is 426 g/mol. The van der Waals surface area contributed by atoms with Crippen molar-refractivity contribution in [2.24, 2.45) is 46.3 Å². The van der Waals surface area contributed by atoms with Gasteiger partial charge < -0.3 is 10.2 Å². The fourth-order valence-electron chi connectivity index (χ4n) is 8.63. The Morgan fingerprint density at radius 3 is 2.55 bits per heavy atom. The molecule has 174 valence electrons. The van der Waals surface area contributed by atoms with E-state index in [0.29, 0.717) is 40.9 Å². The lowest BCUT2D eigenvalue weighted by atomic mass is 9.46. The smallest absolute Gasteiger partial charge is 0.0757 e. The first-order valence-corrected chi connectivity index (χ1v) is 13.0. The molecule has 0 aromatic carbocycles. The average molecular weight is 427 g/mol. The van der Waals surface area contributed by atoms with Crippen LogP contribution in [-0.2, 0) is 0 Å². The van der Waals surface area contributed by atoms with Crippen molar-refractivity contribution in [3.63, 3.8) is 0 Å². The van der Waals surface area contributed by atoms with E-state index < -0.39 is 0 Å². The molecule has 0 aliphatic heterocycles. The highest BCUT2D eigenvalue weighted by Gasteiger charge is 2.60. The van der Waals surface area contributed by atoms with Crippen molar-refractivity contribution in [3.05, 3.63) is 36.0 Å². The summed E-state index contributed by atoms with van der Waals surface area (Å²) in [6.45, 7) is 16.0. The van der Waals surface area contributed by atoms with Crippen LogP contribution in [0.1, 0.15) is 86.0 Å². The average Bonchev–Trinajstić information content (AvgIpc) is 3.06. The van der Waals surface area contributed by atoms with Gasteiger partial charge in [0.2, 0.25) is 0 Å². The Kier molecular flexibility index (Phi) is 6.38. The number of hydrogen-bond donors (Lipinski definition) is 2. The Hall–Kier alpha value is -0.860. The quantitative estimate of drug-likeness (QED) is 0.481. The first-order valence-electron chi connectivity index (χ1n) is 13.0. The van der Waals surface area contributed by atoms with Gasteiger partial charge in [-0.1, -0.05) is 63.6 Å². The topological polar surface area (TPSA) is 40.5 Å². The van der Waals surface area contributed by atoms with Gasteiger partial charge in [0.15, 0.2) is 0 Å². The van der Waals surface area contributed by atoms with Crippen molar-refractivity contribution in [1.82, 2.24) is 0 Å². The van der Waals surface area contributed by atoms with Crippen molar-refractivity contribution in [2.75, 3.05) is 0 Å². The molecule has 0 spiro atoms. The van der Waals surface area contributed by atoms with Gasteiger partial charge in [-0.2, -0.15) is 0 Å². The van der Waals surface area contributed by atoms with Crippen LogP contribution in [-0.4, -0.2) is 22.4 Å². The summed E-state index contributed by atoms with van der Waals surface area (Å²) >= 11 is 0. The first-order chi connectivity index (χ1) is 14.6. The van der Waals surface area contributed by atoms with Gasteiger partial charge >= 0.3 is 0 Å². The Balaban J connectivity index is 1.57. The van der Waals surface area contributed by atoms with Gasteiger partial charge in [0.05, 0.1) is 12.2 Å². The zero-order valence-electron chi connectivity index (χ0n) is 20.6. The molecule has 0 amide bonds. The van der Waals surface area contributed by atoms with E-state index in [0.717, 1.165) is 25.7 Å². The number of allylic oxidation sites excluding steroid dienone is 3. The third-order valence-corrected chi connectivity index (χ3v) is 10.5. The van der Waals surface area contributed by atoms with Crippen LogP contribution in [0.3, 0.4) is 0 Å². The van der Waals surface area contributed by atoms with Gasteiger partial charge in [0.25, 0.3) is 0 Å². The van der Waals surface area contributed by atoms with E-state index in [1.807, 2.05) is 0 Å². The third-order valence-electron chi connectivity index (χ3n) is 10.5. The van der Waals surface area contributed by atoms with Crippen LogP contribution >= 0.6 is 0 Å². The zero-order chi connectivity index (χ0) is 22.6. The van der Waals surface area contributed by atoms with E-state index in [2.05, 4.69) is 59.4 Å². The number of rotatable bonds is 5. The van der Waals surface area contributed by atoms with Gasteiger partial charge in [0, 0.05) is 0 Å². The normalized spacial score (nSPS) is 46.6. The summed E-state index contributed by atoms with van der Waals surface area (Å²) < 4.78 is 0. The van der Waals surface area contributed by atoms with Gasteiger partial charge in [0.1, 0.15) is 0 Å². The maximum Gasteiger partial charge on any atom is 0.0757 e. The maximum atomic E-state index is 11.3. The van der Waals surface area contributed by atoms with Gasteiger partial charge in [-0.25, -0.2) is 0 Å². The minimum Gasteiger partial charge on any atom is -0.393 e. The van der Waals surface area contributed by atoms with Crippen molar-refractivity contribution < 1.29 is 10.2 Å². The van der Waals surface area contributed by atoms with Crippen LogP contribution < -0.4 is 0 Å². The van der Waals surface area contributed by atoms with Crippen LogP contribution in [0.4, 0.5) is 0 Å². The molecule has 31 heavy (non-hydrogen) atoms. The molecule has 4 aliphatic carbocycles. The Bertz CT molecular complexity index is 750. The van der Waals surface area contributed by atoms with Crippen molar-refractivity contribution in [3.8, 4) is 0 Å². The molecule has 3 fully saturated rings. The predicted molar refractivity (Wildman–Crippen MR) is 129 cm³/mol. The summed E-state index contributed by atoms with van der Waals surface area (Å²) in [5.74, 6) is 3.36. The van der Waals surface area contributed by atoms with Crippen molar-refractivity contribution in [1.29, 1.82) is 0 Å². The standard InChI is InChI=1S/C29H46O2/c1-7-20(18(2)3)9-8-19(4)23-10-11-24-27-25(13-15-29(23,24)6)28(5)14-12-22(30)16-21(28)17-26(27)31/h8-9,17,19-20,22-27,30-31H,2,7,10-16H2,1,3-6H3/t19-,20-,22+,23-,24+,25+,26+,27+,28+,29-/m1/s1. The van der Waals surface area contributed by atoms with Crippen molar-refractivity contribution in [2.45, 2.75) is 98.2 Å². The molecule has 0 saturated heterocycles. The second kappa shape index (κ2) is 8.49. The summed E-state index contributed by atoms with van der Waals surface area (Å²) in [5.41, 5.74) is 3.12. The molecule has 2 N–H and O–H groups in total. The van der Waals surface area contributed by atoms with E-state index in [9.17, 15) is 10.2 Å². The van der Waals surface area contributed by atoms with Gasteiger partial charge in [-0.05, 0) is 105 Å². The summed E-state index contributed by atoms with van der Waals surface area (Å²) in [5, 5.41) is 21.6. The van der Waals surface area contributed by atoms with E-state index >= 15 is 0 Å². The zero-order valence-corrected chi connectivity index (χ0v) is 20.6. The van der Waals surface area contributed by atoms with Crippen LogP contribution in [0.15, 0.2) is 36.0 Å². The van der Waals surface area contributed by atoms with Crippen LogP contribution in [0.25, 0.3) is 0 Å². The molecule has 4 aliphatic rings. The Labute approximate surface area is 190 Å². The highest BCUT2D eigenvalue weighted by Crippen LogP contribution is 2.67. The minimum atomic E-state index is -0.333. The molecule has 0 aromatic heterocycles. The van der Waals surface area contributed by atoms with Gasteiger partial charge in [-0.3, -0.25) is 0 Å². The maximum absolute atomic E-state index is 11.3. The molecule has 2 heteroatoms. The van der Waals surface area contributed by atoms with E-state index in [4.69, 9.17) is 0 Å². The van der Waals surface area contributed by atoms with Crippen LogP contribution in [0.5, 0.6) is 0 Å². The van der Waals surface area contributed by atoms with Crippen molar-refractivity contribution >= 4 is 0 Å². The molecule has 2 nitrogen and oxygen atoms in total. The van der Waals surface area contributed by atoms with E-state index in [1.54, 1.807) is 0 Å². The fourth-order valence-corrected chi connectivity index (χ4v) is 8.63. The van der Waals surface area contributed by atoms with E-state index in [-0.39, 0.29) is 17.6 Å². The highest BCUT2D eigenvalue weighted by atomic mass is 16.3. The second-order valence-electron chi connectivity index (χ2n) is 12.1. The largest absolute Gasteiger partial charge is 0.393 e. The molecular formula is C29H46O2. The lowest BCUT2D eigenvalue weighted by Crippen LogP contribution is -2.54. The number of aliphatic hydroxyl groups is 2. The SMILES string of the molecule is C=C(C)[C@@H](C=C[C@@H](C)[C@H]1CC[C@H]2[C@@H]3[C@@H](O)C=C4C[C@@H](O)CC[C@]4(C)[C@H]3CC[C@]12C)CC. The summed E-state index contributed by atoms with van der Waals surface area (Å²) in [6.07, 6.45) is 15.5. The molecule has 10 atom stereocenters. The molecule has 4 rings (SSSR count). The lowest BCUT2D eigenvalue weighted by Gasteiger charge is -2.59. The lowest BCUT2D eigenvalue weighted by molar-refractivity contribution is -0.0950. The minimum absolute atomic E-state index is 0.184. The molecule has 0 bridgehead atoms. The van der Waals surface area contributed by atoms with Crippen LogP contribution in [0.2, 0.25) is 0 Å². The number of fused-ring (bicyclic) bond motifs is 5. The molecule has 0 aromatic rings. The summed E-state index contributed by atoms with van der Waals surface area (Å²) in [4.78, 5) is 0. The van der Waals surface area contributed by atoms with Gasteiger partial charge in [-0.15, -0.1) is 0 Å². The predicted octanol–water partition coefficient (Wildman–Crippen LogP) is 6.69. The van der Waals surface area contributed by atoms with Crippen LogP contribution in [0, 0.1) is 46.3 Å². The molecule has 3 saturated carbocycles.